The Hall–Kier alpha value is -2.40. The van der Waals surface area contributed by atoms with Gasteiger partial charge in [-0.1, -0.05) is 18.2 Å². The number of para-hydroxylation sites is 1. The fraction of sp³-hybridized carbons (Fsp3) is 0.294. The number of amides is 1. The Balaban J connectivity index is 1.78. The first-order valence-electron chi connectivity index (χ1n) is 7.59. The normalized spacial score (nSPS) is 13.6. The van der Waals surface area contributed by atoms with Crippen LogP contribution in [-0.4, -0.2) is 24.0 Å². The third kappa shape index (κ3) is 3.09. The number of pyridine rings is 1. The van der Waals surface area contributed by atoms with E-state index in [1.807, 2.05) is 12.1 Å². The summed E-state index contributed by atoms with van der Waals surface area (Å²) in [5.74, 6) is 0.823. The van der Waals surface area contributed by atoms with Gasteiger partial charge in [0.25, 0.3) is 0 Å². The Labute approximate surface area is 130 Å². The van der Waals surface area contributed by atoms with Gasteiger partial charge in [-0.15, -0.1) is 0 Å². The standard InChI is InChI=1S/C17H20N4O/c18-10-9-17(22)20-14-7-8-16(19-12-14)21-11-3-5-13-4-1-2-6-15(13)21/h1-2,4,6-8,12H,3,5,9-11,18H2,(H,20,22). The van der Waals surface area contributed by atoms with Crippen molar-refractivity contribution in [3.8, 4) is 0 Å². The second-order valence-electron chi connectivity index (χ2n) is 5.38. The molecule has 0 spiro atoms. The number of nitrogens with one attached hydrogen (secondary N) is 1. The highest BCUT2D eigenvalue weighted by Crippen LogP contribution is 2.32. The Bertz CT molecular complexity index is 654. The summed E-state index contributed by atoms with van der Waals surface area (Å²) in [5.41, 5.74) is 8.65. The first-order valence-corrected chi connectivity index (χ1v) is 7.59. The van der Waals surface area contributed by atoms with Crippen LogP contribution in [-0.2, 0) is 11.2 Å². The number of hydrogen-bond donors (Lipinski definition) is 2. The van der Waals surface area contributed by atoms with Crippen molar-refractivity contribution in [2.24, 2.45) is 5.73 Å². The molecule has 0 atom stereocenters. The van der Waals surface area contributed by atoms with E-state index in [1.54, 1.807) is 6.20 Å². The molecule has 2 aromatic rings. The highest BCUT2D eigenvalue weighted by Gasteiger charge is 2.18. The zero-order chi connectivity index (χ0) is 15.4. The van der Waals surface area contributed by atoms with Crippen molar-refractivity contribution in [2.75, 3.05) is 23.3 Å². The summed E-state index contributed by atoms with van der Waals surface area (Å²) in [7, 11) is 0. The van der Waals surface area contributed by atoms with Gasteiger partial charge in [0.15, 0.2) is 0 Å². The van der Waals surface area contributed by atoms with E-state index < -0.39 is 0 Å². The number of carbonyl (C=O) groups is 1. The molecule has 1 aliphatic rings. The van der Waals surface area contributed by atoms with Gasteiger partial charge in [0.1, 0.15) is 5.82 Å². The lowest BCUT2D eigenvalue weighted by atomic mass is 10.0. The van der Waals surface area contributed by atoms with E-state index in [1.165, 1.54) is 11.3 Å². The van der Waals surface area contributed by atoms with Gasteiger partial charge in [-0.2, -0.15) is 0 Å². The minimum atomic E-state index is -0.0830. The van der Waals surface area contributed by atoms with Crippen LogP contribution in [0.1, 0.15) is 18.4 Å². The van der Waals surface area contributed by atoms with E-state index in [0.717, 1.165) is 25.2 Å². The van der Waals surface area contributed by atoms with Crippen molar-refractivity contribution < 1.29 is 4.79 Å². The predicted molar refractivity (Wildman–Crippen MR) is 88.3 cm³/mol. The number of hydrogen-bond acceptors (Lipinski definition) is 4. The van der Waals surface area contributed by atoms with E-state index >= 15 is 0 Å². The molecule has 3 rings (SSSR count). The molecule has 5 heteroatoms. The maximum atomic E-state index is 11.5. The monoisotopic (exact) mass is 296 g/mol. The van der Waals surface area contributed by atoms with E-state index in [-0.39, 0.29) is 5.91 Å². The number of anilines is 3. The molecule has 0 aliphatic carbocycles. The summed E-state index contributed by atoms with van der Waals surface area (Å²) < 4.78 is 0. The first-order chi connectivity index (χ1) is 10.8. The molecule has 0 saturated carbocycles. The van der Waals surface area contributed by atoms with Crippen LogP contribution in [0.3, 0.4) is 0 Å². The lowest BCUT2D eigenvalue weighted by Crippen LogP contribution is -2.25. The molecule has 1 aromatic heterocycles. The van der Waals surface area contributed by atoms with Crippen LogP contribution in [0.15, 0.2) is 42.6 Å². The zero-order valence-corrected chi connectivity index (χ0v) is 12.5. The molecule has 0 unspecified atom stereocenters. The first kappa shape index (κ1) is 14.5. The molecule has 5 nitrogen and oxygen atoms in total. The third-order valence-corrected chi connectivity index (χ3v) is 3.79. The number of fused-ring (bicyclic) bond motifs is 1. The van der Waals surface area contributed by atoms with Crippen LogP contribution >= 0.6 is 0 Å². The molecule has 2 heterocycles. The largest absolute Gasteiger partial charge is 0.330 e. The van der Waals surface area contributed by atoms with Crippen molar-refractivity contribution >= 4 is 23.1 Å². The van der Waals surface area contributed by atoms with Crippen molar-refractivity contribution in [1.29, 1.82) is 0 Å². The van der Waals surface area contributed by atoms with Gasteiger partial charge in [-0.25, -0.2) is 4.98 Å². The molecule has 0 fully saturated rings. The van der Waals surface area contributed by atoms with E-state index in [4.69, 9.17) is 5.73 Å². The van der Waals surface area contributed by atoms with Crippen molar-refractivity contribution in [3.05, 3.63) is 48.2 Å². The summed E-state index contributed by atoms with van der Waals surface area (Å²) in [4.78, 5) is 18.3. The summed E-state index contributed by atoms with van der Waals surface area (Å²) in [6, 6.07) is 12.3. The SMILES string of the molecule is NCCC(=O)Nc1ccc(N2CCCc3ccccc32)nc1. The average molecular weight is 296 g/mol. The number of nitrogens with two attached hydrogens (primary N) is 1. The fourth-order valence-corrected chi connectivity index (χ4v) is 2.75. The highest BCUT2D eigenvalue weighted by atomic mass is 16.1. The number of nitrogens with zero attached hydrogens (tertiary/aromatic N) is 2. The van der Waals surface area contributed by atoms with Gasteiger partial charge >= 0.3 is 0 Å². The molecule has 3 N–H and O–H groups in total. The summed E-state index contributed by atoms with van der Waals surface area (Å²) in [6.07, 6.45) is 4.25. The Morgan fingerprint density at radius 2 is 2.14 bits per heavy atom. The van der Waals surface area contributed by atoms with Crippen LogP contribution < -0.4 is 16.0 Å². The average Bonchev–Trinajstić information content (AvgIpc) is 2.55. The van der Waals surface area contributed by atoms with Crippen LogP contribution in [0.5, 0.6) is 0 Å². The van der Waals surface area contributed by atoms with Crippen molar-refractivity contribution in [1.82, 2.24) is 4.98 Å². The Kier molecular flexibility index (Phi) is 4.34. The van der Waals surface area contributed by atoms with E-state index in [0.29, 0.717) is 18.7 Å². The highest BCUT2D eigenvalue weighted by molar-refractivity contribution is 5.90. The van der Waals surface area contributed by atoms with Crippen LogP contribution in [0.25, 0.3) is 0 Å². The lowest BCUT2D eigenvalue weighted by molar-refractivity contribution is -0.116. The zero-order valence-electron chi connectivity index (χ0n) is 12.5. The Morgan fingerprint density at radius 1 is 1.27 bits per heavy atom. The van der Waals surface area contributed by atoms with Crippen LogP contribution in [0.4, 0.5) is 17.2 Å². The number of aryl methyl sites for hydroxylation is 1. The van der Waals surface area contributed by atoms with Crippen LogP contribution in [0, 0.1) is 0 Å². The van der Waals surface area contributed by atoms with Gasteiger partial charge < -0.3 is 16.0 Å². The number of carbonyl (C=O) groups excluding carboxylic acids is 1. The van der Waals surface area contributed by atoms with Crippen LogP contribution in [0.2, 0.25) is 0 Å². The second-order valence-corrected chi connectivity index (χ2v) is 5.38. The smallest absolute Gasteiger partial charge is 0.225 e. The number of rotatable bonds is 4. The van der Waals surface area contributed by atoms with Gasteiger partial charge in [0.05, 0.1) is 11.9 Å². The molecule has 0 bridgehead atoms. The minimum Gasteiger partial charge on any atom is -0.330 e. The quantitative estimate of drug-likeness (QED) is 0.909. The predicted octanol–water partition coefficient (Wildman–Crippen LogP) is 2.45. The second kappa shape index (κ2) is 6.58. The molecule has 1 aliphatic heterocycles. The summed E-state index contributed by atoms with van der Waals surface area (Å²) in [5, 5.41) is 2.79. The van der Waals surface area contributed by atoms with Crippen molar-refractivity contribution in [2.45, 2.75) is 19.3 Å². The molecule has 114 valence electrons. The van der Waals surface area contributed by atoms with E-state index in [9.17, 15) is 4.79 Å². The fourth-order valence-electron chi connectivity index (χ4n) is 2.75. The minimum absolute atomic E-state index is 0.0830. The third-order valence-electron chi connectivity index (χ3n) is 3.79. The van der Waals surface area contributed by atoms with Gasteiger partial charge in [-0.05, 0) is 36.6 Å². The molecular weight excluding hydrogens is 276 g/mol. The molecular formula is C17H20N4O. The lowest BCUT2D eigenvalue weighted by Gasteiger charge is -2.30. The number of aromatic nitrogens is 1. The Morgan fingerprint density at radius 3 is 2.91 bits per heavy atom. The summed E-state index contributed by atoms with van der Waals surface area (Å²) >= 11 is 0. The molecule has 1 amide bonds. The molecule has 0 saturated heterocycles. The summed E-state index contributed by atoms with van der Waals surface area (Å²) in [6.45, 7) is 1.31. The maximum absolute atomic E-state index is 11.5. The molecule has 1 aromatic carbocycles. The van der Waals surface area contributed by atoms with Gasteiger partial charge in [-0.3, -0.25) is 4.79 Å². The van der Waals surface area contributed by atoms with Crippen molar-refractivity contribution in [3.63, 3.8) is 0 Å². The van der Waals surface area contributed by atoms with Gasteiger partial charge in [0, 0.05) is 25.2 Å². The molecule has 22 heavy (non-hydrogen) atoms. The van der Waals surface area contributed by atoms with Gasteiger partial charge in [0.2, 0.25) is 5.91 Å². The topological polar surface area (TPSA) is 71.2 Å². The molecule has 0 radical (unpaired) electrons. The number of benzene rings is 1. The maximum Gasteiger partial charge on any atom is 0.225 e. The van der Waals surface area contributed by atoms with E-state index in [2.05, 4.69) is 39.5 Å².